The summed E-state index contributed by atoms with van der Waals surface area (Å²) in [4.78, 5) is 0. The summed E-state index contributed by atoms with van der Waals surface area (Å²) < 4.78 is 16.7. The van der Waals surface area contributed by atoms with Gasteiger partial charge in [-0.15, -0.1) is 0 Å². The third kappa shape index (κ3) is 4.02. The molecular weight excluding hydrogens is 348 g/mol. The Hall–Kier alpha value is -2.47. The van der Waals surface area contributed by atoms with Crippen molar-refractivity contribution in [1.29, 1.82) is 0 Å². The molecule has 0 saturated heterocycles. The molecule has 138 valence electrons. The average Bonchev–Trinajstić information content (AvgIpc) is 2.60. The van der Waals surface area contributed by atoms with Gasteiger partial charge in [-0.2, -0.15) is 0 Å². The Kier molecular flexibility index (Phi) is 5.23. The maximum atomic E-state index is 6.07. The van der Waals surface area contributed by atoms with Crippen LogP contribution in [-0.2, 0) is 0 Å². The van der Waals surface area contributed by atoms with Crippen molar-refractivity contribution < 1.29 is 14.2 Å². The molecule has 0 aromatic heterocycles. The van der Waals surface area contributed by atoms with Crippen molar-refractivity contribution in [2.45, 2.75) is 31.9 Å². The van der Waals surface area contributed by atoms with Gasteiger partial charge < -0.3 is 24.8 Å². The van der Waals surface area contributed by atoms with E-state index in [1.165, 1.54) is 0 Å². The summed E-state index contributed by atoms with van der Waals surface area (Å²) in [5.74, 6) is 2.23. The Morgan fingerprint density at radius 1 is 1.12 bits per heavy atom. The summed E-state index contributed by atoms with van der Waals surface area (Å²) >= 11 is 5.53. The van der Waals surface area contributed by atoms with Crippen molar-refractivity contribution in [3.8, 4) is 17.2 Å². The predicted molar refractivity (Wildman–Crippen MR) is 107 cm³/mol. The van der Waals surface area contributed by atoms with Crippen LogP contribution in [0, 0.1) is 0 Å². The molecule has 1 aliphatic rings. The van der Waals surface area contributed by atoms with E-state index in [2.05, 4.69) is 30.5 Å². The molecule has 0 radical (unpaired) electrons. The lowest BCUT2D eigenvalue weighted by Crippen LogP contribution is -2.42. The van der Waals surface area contributed by atoms with Gasteiger partial charge in [0.15, 0.2) is 16.6 Å². The highest BCUT2D eigenvalue weighted by molar-refractivity contribution is 7.80. The van der Waals surface area contributed by atoms with E-state index >= 15 is 0 Å². The van der Waals surface area contributed by atoms with Gasteiger partial charge in [0.2, 0.25) is 0 Å². The van der Waals surface area contributed by atoms with Gasteiger partial charge >= 0.3 is 0 Å². The molecule has 0 amide bonds. The zero-order chi connectivity index (χ0) is 18.7. The first-order chi connectivity index (χ1) is 12.4. The highest BCUT2D eigenvalue weighted by atomic mass is 32.1. The lowest BCUT2D eigenvalue weighted by Gasteiger charge is -2.38. The third-order valence-electron chi connectivity index (χ3n) is 4.32. The maximum Gasteiger partial charge on any atom is 0.171 e. The largest absolute Gasteiger partial charge is 0.493 e. The van der Waals surface area contributed by atoms with Gasteiger partial charge in [0.1, 0.15) is 11.4 Å². The number of hydrogen-bond donors (Lipinski definition) is 2. The minimum atomic E-state index is -0.259. The molecule has 1 aliphatic heterocycles. The first-order valence-corrected chi connectivity index (χ1v) is 8.90. The van der Waals surface area contributed by atoms with Gasteiger partial charge in [-0.25, -0.2) is 0 Å². The number of rotatable bonds is 4. The van der Waals surface area contributed by atoms with E-state index in [-0.39, 0.29) is 11.6 Å². The highest BCUT2D eigenvalue weighted by Crippen LogP contribution is 2.39. The molecule has 0 aliphatic carbocycles. The topological polar surface area (TPSA) is 51.8 Å². The van der Waals surface area contributed by atoms with Gasteiger partial charge in [0.05, 0.1) is 20.3 Å². The molecule has 0 bridgehead atoms. The van der Waals surface area contributed by atoms with E-state index in [0.29, 0.717) is 16.6 Å². The Morgan fingerprint density at radius 2 is 1.85 bits per heavy atom. The summed E-state index contributed by atoms with van der Waals surface area (Å²) in [5.41, 5.74) is 1.69. The van der Waals surface area contributed by atoms with Crippen LogP contribution in [0.4, 0.5) is 5.69 Å². The number of methoxy groups -OCH3 is 2. The summed E-state index contributed by atoms with van der Waals surface area (Å²) in [6, 6.07) is 13.7. The van der Waals surface area contributed by atoms with Crippen LogP contribution in [0.2, 0.25) is 0 Å². The number of benzene rings is 2. The fourth-order valence-corrected chi connectivity index (χ4v) is 3.43. The van der Waals surface area contributed by atoms with E-state index in [0.717, 1.165) is 23.4 Å². The molecule has 0 spiro atoms. The first-order valence-electron chi connectivity index (χ1n) is 8.49. The molecular formula is C20H24N2O3S. The minimum Gasteiger partial charge on any atom is -0.493 e. The zero-order valence-electron chi connectivity index (χ0n) is 15.5. The number of nitrogens with one attached hydrogen (secondary N) is 2. The van der Waals surface area contributed by atoms with Crippen LogP contribution in [0.1, 0.15) is 31.9 Å². The van der Waals surface area contributed by atoms with Crippen LogP contribution in [0.25, 0.3) is 0 Å². The standard InChI is InChI=1S/C20H24N2O3S/c1-20(2)12-15(14-7-5-6-8-16(14)25-20)22-19(26)21-13-9-10-17(23-3)18(11-13)24-4/h5-11,15H,12H2,1-4H3,(H2,21,22,26)/t15-/m0/s1. The van der Waals surface area contributed by atoms with E-state index < -0.39 is 0 Å². The molecule has 1 atom stereocenters. The van der Waals surface area contributed by atoms with Crippen LogP contribution in [0.5, 0.6) is 17.2 Å². The van der Waals surface area contributed by atoms with Crippen molar-refractivity contribution in [2.75, 3.05) is 19.5 Å². The summed E-state index contributed by atoms with van der Waals surface area (Å²) in [5, 5.41) is 7.18. The summed E-state index contributed by atoms with van der Waals surface area (Å²) in [6.45, 7) is 4.17. The Bertz CT molecular complexity index is 807. The van der Waals surface area contributed by atoms with E-state index in [1.807, 2.05) is 36.4 Å². The third-order valence-corrected chi connectivity index (χ3v) is 4.54. The molecule has 2 aromatic rings. The lowest BCUT2D eigenvalue weighted by molar-refractivity contribution is 0.0697. The fourth-order valence-electron chi connectivity index (χ4n) is 3.17. The quantitative estimate of drug-likeness (QED) is 0.781. The normalized spacial score (nSPS) is 17.5. The second-order valence-corrected chi connectivity index (χ2v) is 7.23. The lowest BCUT2D eigenvalue weighted by atomic mass is 9.90. The van der Waals surface area contributed by atoms with Crippen LogP contribution in [0.3, 0.4) is 0 Å². The molecule has 0 fully saturated rings. The van der Waals surface area contributed by atoms with Gasteiger partial charge in [0.25, 0.3) is 0 Å². The monoisotopic (exact) mass is 372 g/mol. The predicted octanol–water partition coefficient (Wildman–Crippen LogP) is 4.29. The van der Waals surface area contributed by atoms with Crippen molar-refractivity contribution in [1.82, 2.24) is 5.32 Å². The van der Waals surface area contributed by atoms with Crippen LogP contribution < -0.4 is 24.8 Å². The van der Waals surface area contributed by atoms with Crippen LogP contribution in [0.15, 0.2) is 42.5 Å². The van der Waals surface area contributed by atoms with Gasteiger partial charge in [-0.05, 0) is 44.3 Å². The Morgan fingerprint density at radius 3 is 2.58 bits per heavy atom. The molecule has 2 N–H and O–H groups in total. The number of anilines is 1. The SMILES string of the molecule is COc1ccc(NC(=S)N[C@H]2CC(C)(C)Oc3ccccc32)cc1OC. The molecule has 0 unspecified atom stereocenters. The Balaban J connectivity index is 1.74. The molecule has 3 rings (SSSR count). The second kappa shape index (κ2) is 7.41. The molecule has 0 saturated carbocycles. The van der Waals surface area contributed by atoms with Crippen LogP contribution in [-0.4, -0.2) is 24.9 Å². The highest BCUT2D eigenvalue weighted by Gasteiger charge is 2.33. The van der Waals surface area contributed by atoms with Gasteiger partial charge in [0, 0.05) is 23.7 Å². The number of fused-ring (bicyclic) bond motifs is 1. The number of ether oxygens (including phenoxy) is 3. The van der Waals surface area contributed by atoms with Crippen molar-refractivity contribution >= 4 is 23.0 Å². The Labute approximate surface area is 159 Å². The van der Waals surface area contributed by atoms with Gasteiger partial charge in [-0.1, -0.05) is 18.2 Å². The van der Waals surface area contributed by atoms with Crippen LogP contribution >= 0.6 is 12.2 Å². The maximum absolute atomic E-state index is 6.07. The van der Waals surface area contributed by atoms with Crippen molar-refractivity contribution in [2.24, 2.45) is 0 Å². The van der Waals surface area contributed by atoms with Gasteiger partial charge in [-0.3, -0.25) is 0 Å². The van der Waals surface area contributed by atoms with E-state index in [9.17, 15) is 0 Å². The smallest absolute Gasteiger partial charge is 0.171 e. The number of hydrogen-bond acceptors (Lipinski definition) is 4. The first kappa shape index (κ1) is 18.3. The number of thiocarbonyl (C=S) groups is 1. The summed E-state index contributed by atoms with van der Waals surface area (Å²) in [7, 11) is 3.22. The zero-order valence-corrected chi connectivity index (χ0v) is 16.3. The molecule has 1 heterocycles. The van der Waals surface area contributed by atoms with E-state index in [4.69, 9.17) is 26.4 Å². The molecule has 26 heavy (non-hydrogen) atoms. The average molecular weight is 372 g/mol. The van der Waals surface area contributed by atoms with E-state index in [1.54, 1.807) is 14.2 Å². The van der Waals surface area contributed by atoms with Crippen molar-refractivity contribution in [3.05, 3.63) is 48.0 Å². The molecule has 5 nitrogen and oxygen atoms in total. The molecule has 2 aromatic carbocycles. The summed E-state index contributed by atoms with van der Waals surface area (Å²) in [6.07, 6.45) is 0.817. The minimum absolute atomic E-state index is 0.0788. The second-order valence-electron chi connectivity index (χ2n) is 6.82. The molecule has 6 heteroatoms. The fraction of sp³-hybridized carbons (Fsp3) is 0.350. The number of para-hydroxylation sites is 1. The van der Waals surface area contributed by atoms with Crippen molar-refractivity contribution in [3.63, 3.8) is 0 Å².